The number of hydrogen-bond acceptors (Lipinski definition) is 7. The number of nitrogens with one attached hydrogen (secondary N) is 1. The maximum absolute atomic E-state index is 13.8. The minimum absolute atomic E-state index is 0. The Balaban J connectivity index is 0.00000264. The number of amides is 1. The summed E-state index contributed by atoms with van der Waals surface area (Å²) < 4.78 is 16.7. The molecule has 3 aromatic rings. The fraction of sp³-hybridized carbons (Fsp3) is 0.471. The van der Waals surface area contributed by atoms with Gasteiger partial charge in [-0.05, 0) is 79.6 Å². The standard InChI is InChI=1S/C34H44N4O4.H2O.H2/c1-5-38(29-10-14-41-15-11-29)32-20-28(27-8-6-26(7-9-27)23-37-12-16-42-17-13-37)19-30(25(32)3)34(39)36-22-31-33(40-4)18-24(2)21-35-31;;/h6-9,18-21,29H,5,10-17,22-23H2,1-4H3,(H,36,39);1H2;1H. The van der Waals surface area contributed by atoms with E-state index in [-0.39, 0.29) is 19.4 Å². The van der Waals surface area contributed by atoms with Crippen LogP contribution in [0.5, 0.6) is 5.75 Å². The molecule has 3 N–H and O–H groups in total. The van der Waals surface area contributed by atoms with E-state index in [9.17, 15) is 4.79 Å². The molecule has 234 valence electrons. The third-order valence-electron chi connectivity index (χ3n) is 8.41. The largest absolute Gasteiger partial charge is 0.495 e. The van der Waals surface area contributed by atoms with Crippen LogP contribution in [0.25, 0.3) is 11.1 Å². The Hall–Kier alpha value is -3.50. The van der Waals surface area contributed by atoms with Gasteiger partial charge < -0.3 is 29.9 Å². The van der Waals surface area contributed by atoms with Crippen LogP contribution < -0.4 is 15.0 Å². The lowest BCUT2D eigenvalue weighted by Crippen LogP contribution is -2.40. The number of pyridine rings is 1. The Morgan fingerprint density at radius 2 is 1.74 bits per heavy atom. The molecule has 2 aliphatic heterocycles. The fourth-order valence-corrected chi connectivity index (χ4v) is 5.98. The van der Waals surface area contributed by atoms with Crippen molar-refractivity contribution in [2.24, 2.45) is 0 Å². The Kier molecular flexibility index (Phi) is 11.5. The molecule has 5 rings (SSSR count). The minimum atomic E-state index is -0.119. The van der Waals surface area contributed by atoms with Gasteiger partial charge >= 0.3 is 0 Å². The molecule has 2 fully saturated rings. The van der Waals surface area contributed by atoms with Crippen molar-refractivity contribution in [3.8, 4) is 16.9 Å². The summed E-state index contributed by atoms with van der Waals surface area (Å²) in [7, 11) is 1.63. The van der Waals surface area contributed by atoms with Crippen molar-refractivity contribution in [2.45, 2.75) is 52.7 Å². The van der Waals surface area contributed by atoms with Crippen LogP contribution in [0.15, 0.2) is 48.7 Å². The molecule has 0 unspecified atom stereocenters. The van der Waals surface area contributed by atoms with Crippen LogP contribution in [0.2, 0.25) is 0 Å². The third kappa shape index (κ3) is 7.92. The van der Waals surface area contributed by atoms with E-state index in [0.29, 0.717) is 23.0 Å². The van der Waals surface area contributed by atoms with E-state index in [4.69, 9.17) is 14.2 Å². The molecule has 2 aliphatic rings. The van der Waals surface area contributed by atoms with Crippen molar-refractivity contribution >= 4 is 11.6 Å². The van der Waals surface area contributed by atoms with Gasteiger partial charge in [0.25, 0.3) is 5.91 Å². The molecule has 0 aliphatic carbocycles. The van der Waals surface area contributed by atoms with Crippen LogP contribution in [0.3, 0.4) is 0 Å². The SMILES string of the molecule is CCN(c1cc(-c2ccc(CN3CCOCC3)cc2)cc(C(=O)NCc2ncc(C)cc2OC)c1C)C1CCOCC1.O.[HH]. The predicted molar refractivity (Wildman–Crippen MR) is 172 cm³/mol. The van der Waals surface area contributed by atoms with Crippen LogP contribution in [0.4, 0.5) is 5.69 Å². The highest BCUT2D eigenvalue weighted by Crippen LogP contribution is 2.34. The van der Waals surface area contributed by atoms with E-state index in [2.05, 4.69) is 64.3 Å². The van der Waals surface area contributed by atoms with Gasteiger partial charge in [0.1, 0.15) is 11.4 Å². The number of aryl methyl sites for hydroxylation is 1. The minimum Gasteiger partial charge on any atom is -0.495 e. The molecule has 0 spiro atoms. The Morgan fingerprint density at radius 3 is 2.42 bits per heavy atom. The summed E-state index contributed by atoms with van der Waals surface area (Å²) >= 11 is 0. The van der Waals surface area contributed by atoms with Crippen LogP contribution in [-0.4, -0.2) is 80.5 Å². The second kappa shape index (κ2) is 15.3. The fourth-order valence-electron chi connectivity index (χ4n) is 5.98. The first-order chi connectivity index (χ1) is 20.5. The summed E-state index contributed by atoms with van der Waals surface area (Å²) in [5, 5.41) is 3.11. The molecular weight excluding hydrogens is 544 g/mol. The van der Waals surface area contributed by atoms with Crippen LogP contribution >= 0.6 is 0 Å². The van der Waals surface area contributed by atoms with Gasteiger partial charge in [0.15, 0.2) is 0 Å². The lowest BCUT2D eigenvalue weighted by molar-refractivity contribution is 0.0342. The van der Waals surface area contributed by atoms with Crippen molar-refractivity contribution in [3.05, 3.63) is 76.6 Å². The second-order valence-corrected chi connectivity index (χ2v) is 11.2. The van der Waals surface area contributed by atoms with Crippen molar-refractivity contribution < 1.29 is 25.9 Å². The van der Waals surface area contributed by atoms with Gasteiger partial charge in [-0.3, -0.25) is 14.7 Å². The van der Waals surface area contributed by atoms with E-state index in [1.54, 1.807) is 13.3 Å². The maximum atomic E-state index is 13.8. The quantitative estimate of drug-likeness (QED) is 0.368. The molecule has 0 bridgehead atoms. The highest BCUT2D eigenvalue weighted by atomic mass is 16.5. The molecule has 9 heteroatoms. The van der Waals surface area contributed by atoms with E-state index >= 15 is 0 Å². The summed E-state index contributed by atoms with van der Waals surface area (Å²) in [6, 6.07) is 15.4. The Labute approximate surface area is 256 Å². The summed E-state index contributed by atoms with van der Waals surface area (Å²) in [5.74, 6) is 0.558. The summed E-state index contributed by atoms with van der Waals surface area (Å²) in [6.07, 6.45) is 3.76. The zero-order valence-electron chi connectivity index (χ0n) is 25.9. The van der Waals surface area contributed by atoms with Gasteiger partial charge in [0, 0.05) is 64.3 Å². The second-order valence-electron chi connectivity index (χ2n) is 11.2. The van der Waals surface area contributed by atoms with Gasteiger partial charge in [-0.15, -0.1) is 0 Å². The third-order valence-corrected chi connectivity index (χ3v) is 8.41. The summed E-state index contributed by atoms with van der Waals surface area (Å²) in [4.78, 5) is 23.2. The van der Waals surface area contributed by atoms with Crippen LogP contribution in [-0.2, 0) is 22.6 Å². The zero-order chi connectivity index (χ0) is 29.5. The predicted octanol–water partition coefficient (Wildman–Crippen LogP) is 4.56. The van der Waals surface area contributed by atoms with Gasteiger partial charge in [0.05, 0.1) is 26.9 Å². The molecule has 0 atom stereocenters. The normalized spacial score (nSPS) is 15.9. The summed E-state index contributed by atoms with van der Waals surface area (Å²) in [5.41, 5.74) is 7.90. The first-order valence-corrected chi connectivity index (χ1v) is 15.1. The molecule has 1 aromatic heterocycles. The van der Waals surface area contributed by atoms with Gasteiger partial charge in [-0.25, -0.2) is 0 Å². The number of ether oxygens (including phenoxy) is 3. The van der Waals surface area contributed by atoms with Gasteiger partial charge in [0.2, 0.25) is 0 Å². The highest BCUT2D eigenvalue weighted by Gasteiger charge is 2.25. The number of morpholine rings is 1. The Morgan fingerprint density at radius 1 is 1.05 bits per heavy atom. The van der Waals surface area contributed by atoms with E-state index in [1.807, 2.05) is 19.1 Å². The molecule has 43 heavy (non-hydrogen) atoms. The topological polar surface area (TPSA) is 108 Å². The number of nitrogens with zero attached hydrogens (tertiary/aromatic N) is 3. The van der Waals surface area contributed by atoms with Crippen molar-refractivity contribution in [3.63, 3.8) is 0 Å². The number of carbonyl (C=O) groups excluding carboxylic acids is 1. The molecule has 2 saturated heterocycles. The average molecular weight is 593 g/mol. The van der Waals surface area contributed by atoms with E-state index in [0.717, 1.165) is 93.4 Å². The van der Waals surface area contributed by atoms with Crippen LogP contribution in [0.1, 0.15) is 53.9 Å². The number of methoxy groups -OCH3 is 1. The van der Waals surface area contributed by atoms with Crippen molar-refractivity contribution in [2.75, 3.05) is 58.1 Å². The van der Waals surface area contributed by atoms with Crippen molar-refractivity contribution in [1.82, 2.24) is 15.2 Å². The van der Waals surface area contributed by atoms with Gasteiger partial charge in [-0.1, -0.05) is 24.3 Å². The van der Waals surface area contributed by atoms with E-state index < -0.39 is 0 Å². The number of hydrogen-bond donors (Lipinski definition) is 1. The molecule has 0 radical (unpaired) electrons. The van der Waals surface area contributed by atoms with Crippen molar-refractivity contribution in [1.29, 1.82) is 0 Å². The van der Waals surface area contributed by atoms with Gasteiger partial charge in [-0.2, -0.15) is 0 Å². The lowest BCUT2D eigenvalue weighted by Gasteiger charge is -2.37. The monoisotopic (exact) mass is 592 g/mol. The molecular formula is C34H48N4O5. The lowest BCUT2D eigenvalue weighted by atomic mass is 9.94. The molecule has 0 saturated carbocycles. The van der Waals surface area contributed by atoms with E-state index in [1.165, 1.54) is 5.56 Å². The number of aromatic nitrogens is 1. The molecule has 1 amide bonds. The number of anilines is 1. The molecule has 9 nitrogen and oxygen atoms in total. The number of rotatable bonds is 10. The van der Waals surface area contributed by atoms with Crippen LogP contribution in [0, 0.1) is 13.8 Å². The maximum Gasteiger partial charge on any atom is 0.251 e. The Bertz CT molecular complexity index is 1360. The zero-order valence-corrected chi connectivity index (χ0v) is 25.9. The number of carbonyl (C=O) groups is 1. The molecule has 3 heterocycles. The smallest absolute Gasteiger partial charge is 0.251 e. The average Bonchev–Trinajstić information content (AvgIpc) is 3.03. The number of benzene rings is 2. The molecule has 2 aromatic carbocycles. The highest BCUT2D eigenvalue weighted by molar-refractivity contribution is 5.99. The first-order valence-electron chi connectivity index (χ1n) is 15.1. The first kappa shape index (κ1) is 32.4. The summed E-state index contributed by atoms with van der Waals surface area (Å²) in [6.45, 7) is 13.3.